The molecule has 1 unspecified atom stereocenters. The molecule has 0 bridgehead atoms. The van der Waals surface area contributed by atoms with Crippen molar-refractivity contribution in [1.29, 1.82) is 0 Å². The molecule has 0 aliphatic carbocycles. The second-order valence-electron chi connectivity index (χ2n) is 3.37. The molecular weight excluding hydrogens is 216 g/mol. The van der Waals surface area contributed by atoms with Gasteiger partial charge in [-0.15, -0.1) is 0 Å². The van der Waals surface area contributed by atoms with Crippen molar-refractivity contribution in [3.63, 3.8) is 0 Å². The molecule has 0 rings (SSSR count). The summed E-state index contributed by atoms with van der Waals surface area (Å²) in [6.45, 7) is 1.76. The van der Waals surface area contributed by atoms with Crippen LogP contribution in [0.25, 0.3) is 0 Å². The highest BCUT2D eigenvalue weighted by molar-refractivity contribution is 5.85. The van der Waals surface area contributed by atoms with Crippen LogP contribution in [0, 0.1) is 0 Å². The van der Waals surface area contributed by atoms with E-state index < -0.39 is 36.4 Å². The van der Waals surface area contributed by atoms with E-state index in [4.69, 9.17) is 10.8 Å². The molecule has 0 heterocycles. The van der Waals surface area contributed by atoms with Crippen LogP contribution >= 0.6 is 0 Å². The summed E-state index contributed by atoms with van der Waals surface area (Å²) in [6, 6.07) is -1.51. The standard InChI is InChI=1S/C9H16N2O5/c1-2-3-7(14)11-8(9(15)16)5(12)4-6(10)13/h5,8,12H,2-4H2,1H3,(H2,10,13)(H,11,14)(H,15,16)/t5?,8-/m0/s1. The summed E-state index contributed by atoms with van der Waals surface area (Å²) in [5, 5.41) is 20.2. The summed E-state index contributed by atoms with van der Waals surface area (Å²) in [4.78, 5) is 32.4. The van der Waals surface area contributed by atoms with Gasteiger partial charge in [-0.3, -0.25) is 9.59 Å². The van der Waals surface area contributed by atoms with Crippen LogP contribution in [0.15, 0.2) is 0 Å². The lowest BCUT2D eigenvalue weighted by Gasteiger charge is -2.19. The summed E-state index contributed by atoms with van der Waals surface area (Å²) in [5.41, 5.74) is 4.82. The van der Waals surface area contributed by atoms with Gasteiger partial charge in [0.15, 0.2) is 6.04 Å². The lowest BCUT2D eigenvalue weighted by atomic mass is 10.1. The van der Waals surface area contributed by atoms with E-state index in [1.54, 1.807) is 6.92 Å². The molecule has 0 aromatic carbocycles. The van der Waals surface area contributed by atoms with Crippen molar-refractivity contribution in [2.45, 2.75) is 38.3 Å². The fraction of sp³-hybridized carbons (Fsp3) is 0.667. The minimum absolute atomic E-state index is 0.160. The van der Waals surface area contributed by atoms with Gasteiger partial charge in [0.2, 0.25) is 11.8 Å². The second kappa shape index (κ2) is 6.78. The molecule has 7 heteroatoms. The zero-order chi connectivity index (χ0) is 12.7. The van der Waals surface area contributed by atoms with Gasteiger partial charge in [-0.25, -0.2) is 4.79 Å². The fourth-order valence-electron chi connectivity index (χ4n) is 1.12. The topological polar surface area (TPSA) is 130 Å². The molecule has 2 amide bonds. The maximum absolute atomic E-state index is 11.1. The van der Waals surface area contributed by atoms with Crippen LogP contribution in [0.5, 0.6) is 0 Å². The fourth-order valence-corrected chi connectivity index (χ4v) is 1.12. The van der Waals surface area contributed by atoms with Crippen molar-refractivity contribution >= 4 is 17.8 Å². The van der Waals surface area contributed by atoms with Gasteiger partial charge < -0.3 is 21.3 Å². The monoisotopic (exact) mass is 232 g/mol. The number of hydrogen-bond acceptors (Lipinski definition) is 4. The van der Waals surface area contributed by atoms with E-state index in [0.29, 0.717) is 6.42 Å². The molecule has 0 aromatic heterocycles. The Hall–Kier alpha value is -1.63. The van der Waals surface area contributed by atoms with Crippen molar-refractivity contribution in [3.8, 4) is 0 Å². The number of carbonyl (C=O) groups excluding carboxylic acids is 2. The third-order valence-electron chi connectivity index (χ3n) is 1.85. The van der Waals surface area contributed by atoms with E-state index in [9.17, 15) is 19.5 Å². The number of aliphatic hydroxyl groups excluding tert-OH is 1. The molecular formula is C9H16N2O5. The van der Waals surface area contributed by atoms with E-state index in [1.165, 1.54) is 0 Å². The molecule has 2 atom stereocenters. The molecule has 0 fully saturated rings. The smallest absolute Gasteiger partial charge is 0.328 e. The molecule has 0 radical (unpaired) electrons. The number of nitrogens with one attached hydrogen (secondary N) is 1. The van der Waals surface area contributed by atoms with E-state index in [0.717, 1.165) is 0 Å². The maximum atomic E-state index is 11.1. The highest BCUT2D eigenvalue weighted by Crippen LogP contribution is 2.00. The number of carbonyl (C=O) groups is 3. The van der Waals surface area contributed by atoms with E-state index >= 15 is 0 Å². The van der Waals surface area contributed by atoms with Crippen LogP contribution < -0.4 is 11.1 Å². The second-order valence-corrected chi connectivity index (χ2v) is 3.37. The molecule has 5 N–H and O–H groups in total. The zero-order valence-corrected chi connectivity index (χ0v) is 8.97. The number of nitrogens with two attached hydrogens (primary N) is 1. The molecule has 0 saturated heterocycles. The summed E-state index contributed by atoms with van der Waals surface area (Å²) < 4.78 is 0. The van der Waals surface area contributed by atoms with E-state index in [1.807, 2.05) is 0 Å². The lowest BCUT2D eigenvalue weighted by molar-refractivity contribution is -0.145. The molecule has 7 nitrogen and oxygen atoms in total. The first-order valence-electron chi connectivity index (χ1n) is 4.87. The van der Waals surface area contributed by atoms with Gasteiger partial charge in [-0.2, -0.15) is 0 Å². The largest absolute Gasteiger partial charge is 0.480 e. The first kappa shape index (κ1) is 14.4. The number of amides is 2. The summed E-state index contributed by atoms with van der Waals surface area (Å²) in [6.07, 6.45) is -1.31. The third kappa shape index (κ3) is 5.30. The zero-order valence-electron chi connectivity index (χ0n) is 8.97. The normalized spacial score (nSPS) is 13.9. The third-order valence-corrected chi connectivity index (χ3v) is 1.85. The van der Waals surface area contributed by atoms with Gasteiger partial charge in [0.05, 0.1) is 12.5 Å². The molecule has 0 spiro atoms. The Kier molecular flexibility index (Phi) is 6.09. The maximum Gasteiger partial charge on any atom is 0.328 e. The quantitative estimate of drug-likeness (QED) is 0.428. The van der Waals surface area contributed by atoms with E-state index in [-0.39, 0.29) is 6.42 Å². The Morgan fingerprint density at radius 3 is 2.31 bits per heavy atom. The molecule has 0 aliphatic rings. The average Bonchev–Trinajstić information content (AvgIpc) is 2.12. The predicted octanol–water partition coefficient (Wildman–Crippen LogP) is -1.41. The van der Waals surface area contributed by atoms with Gasteiger partial charge in [-0.05, 0) is 6.42 Å². The van der Waals surface area contributed by atoms with Crippen LogP contribution in [0.1, 0.15) is 26.2 Å². The number of hydrogen-bond donors (Lipinski definition) is 4. The number of primary amides is 1. The summed E-state index contributed by atoms with van der Waals surface area (Å²) in [7, 11) is 0. The molecule has 0 aliphatic heterocycles. The van der Waals surface area contributed by atoms with Gasteiger partial charge >= 0.3 is 5.97 Å². The number of rotatable bonds is 7. The Balaban J connectivity index is 4.43. The first-order valence-corrected chi connectivity index (χ1v) is 4.87. The van der Waals surface area contributed by atoms with Crippen LogP contribution in [0.2, 0.25) is 0 Å². The van der Waals surface area contributed by atoms with Crippen molar-refractivity contribution in [3.05, 3.63) is 0 Å². The minimum Gasteiger partial charge on any atom is -0.480 e. The lowest BCUT2D eigenvalue weighted by Crippen LogP contribution is -2.49. The van der Waals surface area contributed by atoms with Gasteiger partial charge in [0.25, 0.3) is 0 Å². The molecule has 16 heavy (non-hydrogen) atoms. The van der Waals surface area contributed by atoms with Crippen molar-refractivity contribution in [2.75, 3.05) is 0 Å². The van der Waals surface area contributed by atoms with Crippen molar-refractivity contribution in [2.24, 2.45) is 5.73 Å². The number of aliphatic carboxylic acids is 1. The highest BCUT2D eigenvalue weighted by atomic mass is 16.4. The van der Waals surface area contributed by atoms with Gasteiger partial charge in [-0.1, -0.05) is 6.92 Å². The van der Waals surface area contributed by atoms with Gasteiger partial charge in [0, 0.05) is 6.42 Å². The Labute approximate surface area is 92.6 Å². The van der Waals surface area contributed by atoms with Crippen molar-refractivity contribution < 1.29 is 24.6 Å². The molecule has 0 saturated carbocycles. The van der Waals surface area contributed by atoms with Gasteiger partial charge in [0.1, 0.15) is 0 Å². The van der Waals surface area contributed by atoms with Crippen molar-refractivity contribution in [1.82, 2.24) is 5.32 Å². The highest BCUT2D eigenvalue weighted by Gasteiger charge is 2.28. The van der Waals surface area contributed by atoms with Crippen LogP contribution in [-0.2, 0) is 14.4 Å². The van der Waals surface area contributed by atoms with Crippen LogP contribution in [-0.4, -0.2) is 40.1 Å². The SMILES string of the molecule is CCCC(=O)N[C@H](C(=O)O)C(O)CC(N)=O. The predicted molar refractivity (Wildman–Crippen MR) is 54.3 cm³/mol. The molecule has 92 valence electrons. The molecule has 0 aromatic rings. The Morgan fingerprint density at radius 2 is 1.94 bits per heavy atom. The number of carboxylic acids is 1. The average molecular weight is 232 g/mol. The number of carboxylic acid groups (broad SMARTS) is 1. The van der Waals surface area contributed by atoms with E-state index in [2.05, 4.69) is 5.32 Å². The Morgan fingerprint density at radius 1 is 1.38 bits per heavy atom. The minimum atomic E-state index is -1.52. The summed E-state index contributed by atoms with van der Waals surface area (Å²) >= 11 is 0. The number of aliphatic hydroxyl groups is 1. The van der Waals surface area contributed by atoms with Crippen LogP contribution in [0.4, 0.5) is 0 Å². The summed E-state index contributed by atoms with van der Waals surface area (Å²) in [5.74, 6) is -2.72. The first-order chi connectivity index (χ1) is 7.38. The Bertz CT molecular complexity index is 279. The van der Waals surface area contributed by atoms with Crippen LogP contribution in [0.3, 0.4) is 0 Å².